The first-order valence-corrected chi connectivity index (χ1v) is 7.95. The van der Waals surface area contributed by atoms with Crippen LogP contribution in [0.25, 0.3) is 28.0 Å². The maximum absolute atomic E-state index is 11.6. The van der Waals surface area contributed by atoms with Gasteiger partial charge in [0.15, 0.2) is 11.3 Å². The molecule has 2 aromatic heterocycles. The van der Waals surface area contributed by atoms with Gasteiger partial charge >= 0.3 is 0 Å². The fourth-order valence-electron chi connectivity index (χ4n) is 2.93. The summed E-state index contributed by atoms with van der Waals surface area (Å²) in [4.78, 5) is 15.6. The lowest BCUT2D eigenvalue weighted by Crippen LogP contribution is -2.00. The molecule has 0 unspecified atom stereocenters. The van der Waals surface area contributed by atoms with Crippen LogP contribution in [-0.2, 0) is 0 Å². The minimum Gasteiger partial charge on any atom is -0.507 e. The molecule has 0 radical (unpaired) electrons. The topological polar surface area (TPSA) is 94.1 Å². The summed E-state index contributed by atoms with van der Waals surface area (Å²) in [5.74, 6) is -0.0649. The summed E-state index contributed by atoms with van der Waals surface area (Å²) in [7, 11) is 0. The van der Waals surface area contributed by atoms with Crippen molar-refractivity contribution in [2.45, 2.75) is 6.92 Å². The summed E-state index contributed by atoms with van der Waals surface area (Å²) in [6.45, 7) is 1.78. The first-order valence-electron chi connectivity index (χ1n) is 7.95. The maximum atomic E-state index is 11.6. The Bertz CT molecular complexity index is 1140. The van der Waals surface area contributed by atoms with Gasteiger partial charge in [-0.25, -0.2) is 9.67 Å². The second kappa shape index (κ2) is 5.96. The van der Waals surface area contributed by atoms with Crippen LogP contribution in [0, 0.1) is 17.0 Å². The third-order valence-corrected chi connectivity index (χ3v) is 4.18. The molecule has 0 saturated heterocycles. The van der Waals surface area contributed by atoms with Crippen LogP contribution in [0.5, 0.6) is 5.75 Å². The van der Waals surface area contributed by atoms with E-state index in [1.807, 2.05) is 30.3 Å². The molecule has 26 heavy (non-hydrogen) atoms. The first-order chi connectivity index (χ1) is 12.6. The summed E-state index contributed by atoms with van der Waals surface area (Å²) in [6, 6.07) is 17.3. The number of phenolic OH excluding ortho intramolecular Hbond substituents is 1. The molecule has 0 amide bonds. The Hall–Kier alpha value is -3.74. The smallest absolute Gasteiger partial charge is 0.296 e. The average Bonchev–Trinajstić information content (AvgIpc) is 2.98. The van der Waals surface area contributed by atoms with Crippen LogP contribution in [0.3, 0.4) is 0 Å². The molecule has 0 spiro atoms. The molecule has 1 N–H and O–H groups in total. The molecule has 4 aromatic rings. The van der Waals surface area contributed by atoms with Crippen molar-refractivity contribution in [2.75, 3.05) is 0 Å². The van der Waals surface area contributed by atoms with E-state index in [0.717, 1.165) is 5.69 Å². The average molecular weight is 346 g/mol. The van der Waals surface area contributed by atoms with E-state index in [9.17, 15) is 15.2 Å². The van der Waals surface area contributed by atoms with E-state index in [0.29, 0.717) is 22.3 Å². The Labute approximate surface area is 148 Å². The molecule has 0 aliphatic heterocycles. The number of phenols is 1. The highest BCUT2D eigenvalue weighted by Gasteiger charge is 2.24. The fourth-order valence-corrected chi connectivity index (χ4v) is 2.93. The number of nitro groups is 1. The van der Waals surface area contributed by atoms with Gasteiger partial charge in [0.05, 0.1) is 16.3 Å². The van der Waals surface area contributed by atoms with Gasteiger partial charge in [0.25, 0.3) is 5.69 Å². The molecule has 7 nitrogen and oxygen atoms in total. The predicted molar refractivity (Wildman–Crippen MR) is 97.4 cm³/mol. The third kappa shape index (κ3) is 2.46. The van der Waals surface area contributed by atoms with Crippen molar-refractivity contribution in [3.8, 4) is 22.7 Å². The monoisotopic (exact) mass is 346 g/mol. The number of hydrogen-bond acceptors (Lipinski definition) is 5. The fraction of sp³-hybridized carbons (Fsp3) is 0.0526. The number of fused-ring (bicyclic) bond motifs is 1. The number of para-hydroxylation sites is 2. The van der Waals surface area contributed by atoms with Crippen LogP contribution >= 0.6 is 0 Å². The van der Waals surface area contributed by atoms with Crippen LogP contribution in [0.15, 0.2) is 60.7 Å². The van der Waals surface area contributed by atoms with Crippen LogP contribution in [0.2, 0.25) is 0 Å². The predicted octanol–water partition coefficient (Wildman–Crippen LogP) is 4.01. The molecule has 2 aromatic carbocycles. The van der Waals surface area contributed by atoms with E-state index in [1.165, 1.54) is 12.1 Å². The highest BCUT2D eigenvalue weighted by atomic mass is 16.6. The summed E-state index contributed by atoms with van der Waals surface area (Å²) in [6.07, 6.45) is 0. The minimum absolute atomic E-state index is 0.0649. The number of hydrogen-bond donors (Lipinski definition) is 1. The molecule has 0 aliphatic rings. The number of aromatic nitrogens is 3. The van der Waals surface area contributed by atoms with E-state index in [4.69, 9.17) is 0 Å². The molecule has 7 heteroatoms. The Balaban J connectivity index is 2.07. The molecule has 0 saturated carbocycles. The Morgan fingerprint density at radius 1 is 1.08 bits per heavy atom. The second-order valence-corrected chi connectivity index (χ2v) is 5.83. The second-order valence-electron chi connectivity index (χ2n) is 5.83. The highest BCUT2D eigenvalue weighted by molar-refractivity contribution is 5.88. The SMILES string of the molecule is Cc1nn(-c2ccccc2)c2nc(-c3ccccc3O)c([N+](=O)[O-])cc12. The van der Waals surface area contributed by atoms with Crippen molar-refractivity contribution in [2.24, 2.45) is 0 Å². The quantitative estimate of drug-likeness (QED) is 0.447. The molecule has 0 fully saturated rings. The lowest BCUT2D eigenvalue weighted by molar-refractivity contribution is -0.384. The molecule has 0 bridgehead atoms. The lowest BCUT2D eigenvalue weighted by Gasteiger charge is -2.07. The van der Waals surface area contributed by atoms with Crippen molar-refractivity contribution >= 4 is 16.7 Å². The molecule has 4 rings (SSSR count). The summed E-state index contributed by atoms with van der Waals surface area (Å²) in [5.41, 5.74) is 2.18. The molecular formula is C19H14N4O3. The van der Waals surface area contributed by atoms with Crippen molar-refractivity contribution in [1.82, 2.24) is 14.8 Å². The number of nitrogens with zero attached hydrogens (tertiary/aromatic N) is 4. The Morgan fingerprint density at radius 3 is 2.46 bits per heavy atom. The van der Waals surface area contributed by atoms with Crippen molar-refractivity contribution in [3.05, 3.63) is 76.5 Å². The van der Waals surface area contributed by atoms with Crippen molar-refractivity contribution in [1.29, 1.82) is 0 Å². The summed E-state index contributed by atoms with van der Waals surface area (Å²) >= 11 is 0. The molecular weight excluding hydrogens is 332 g/mol. The van der Waals surface area contributed by atoms with Gasteiger partial charge in [-0.15, -0.1) is 0 Å². The number of rotatable bonds is 3. The van der Waals surface area contributed by atoms with Crippen LogP contribution in [0.1, 0.15) is 5.69 Å². The molecule has 2 heterocycles. The summed E-state index contributed by atoms with van der Waals surface area (Å²) < 4.78 is 1.65. The standard InChI is InChI=1S/C19H14N4O3/c1-12-15-11-16(23(25)26)18(14-9-5-6-10-17(14)24)20-19(15)22(21-12)13-7-3-2-4-8-13/h2-11,24H,1H3. The van der Waals surface area contributed by atoms with E-state index >= 15 is 0 Å². The zero-order valence-corrected chi connectivity index (χ0v) is 13.8. The van der Waals surface area contributed by atoms with Crippen LogP contribution < -0.4 is 0 Å². The molecule has 128 valence electrons. The van der Waals surface area contributed by atoms with Crippen LogP contribution in [0.4, 0.5) is 5.69 Å². The van der Waals surface area contributed by atoms with Gasteiger partial charge in [-0.2, -0.15) is 5.10 Å². The Morgan fingerprint density at radius 2 is 1.77 bits per heavy atom. The normalized spacial score (nSPS) is 11.0. The van der Waals surface area contributed by atoms with Gasteiger partial charge in [0.2, 0.25) is 0 Å². The zero-order valence-electron chi connectivity index (χ0n) is 13.8. The number of pyridine rings is 1. The number of aromatic hydroxyl groups is 1. The third-order valence-electron chi connectivity index (χ3n) is 4.18. The maximum Gasteiger partial charge on any atom is 0.296 e. The van der Waals surface area contributed by atoms with Gasteiger partial charge in [-0.05, 0) is 31.2 Å². The molecule has 0 atom stereocenters. The minimum atomic E-state index is -0.493. The van der Waals surface area contributed by atoms with Gasteiger partial charge in [0, 0.05) is 17.0 Å². The summed E-state index contributed by atoms with van der Waals surface area (Å²) in [5, 5.41) is 26.8. The van der Waals surface area contributed by atoms with E-state index < -0.39 is 4.92 Å². The van der Waals surface area contributed by atoms with Crippen LogP contribution in [-0.4, -0.2) is 24.8 Å². The van der Waals surface area contributed by atoms with E-state index in [1.54, 1.807) is 29.8 Å². The van der Waals surface area contributed by atoms with Gasteiger partial charge in [-0.1, -0.05) is 30.3 Å². The Kier molecular flexibility index (Phi) is 3.62. The van der Waals surface area contributed by atoms with Gasteiger partial charge in [0.1, 0.15) is 5.75 Å². The van der Waals surface area contributed by atoms with E-state index in [2.05, 4.69) is 10.1 Å². The number of benzene rings is 2. The first kappa shape index (κ1) is 15.8. The zero-order chi connectivity index (χ0) is 18.3. The highest BCUT2D eigenvalue weighted by Crippen LogP contribution is 2.36. The number of aryl methyl sites for hydroxylation is 1. The van der Waals surface area contributed by atoms with E-state index in [-0.39, 0.29) is 17.1 Å². The largest absolute Gasteiger partial charge is 0.507 e. The molecule has 0 aliphatic carbocycles. The van der Waals surface area contributed by atoms with Crippen molar-refractivity contribution < 1.29 is 10.0 Å². The van der Waals surface area contributed by atoms with Gasteiger partial charge < -0.3 is 5.11 Å². The van der Waals surface area contributed by atoms with Crippen molar-refractivity contribution in [3.63, 3.8) is 0 Å². The van der Waals surface area contributed by atoms with Gasteiger partial charge in [-0.3, -0.25) is 10.1 Å². The lowest BCUT2D eigenvalue weighted by atomic mass is 10.1.